The molecule has 1 unspecified atom stereocenters. The van der Waals surface area contributed by atoms with Crippen molar-refractivity contribution < 1.29 is 4.74 Å². The second-order valence-corrected chi connectivity index (χ2v) is 5.31. The van der Waals surface area contributed by atoms with Crippen molar-refractivity contribution in [3.63, 3.8) is 0 Å². The third-order valence-corrected chi connectivity index (χ3v) is 4.01. The number of ether oxygens (including phenoxy) is 1. The minimum atomic E-state index is 0.362. The van der Waals surface area contributed by atoms with Crippen molar-refractivity contribution in [2.75, 3.05) is 25.7 Å². The van der Waals surface area contributed by atoms with Crippen LogP contribution in [0.15, 0.2) is 18.2 Å². The maximum Gasteiger partial charge on any atom is 0.123 e. The average Bonchev–Trinajstić information content (AvgIpc) is 2.35. The van der Waals surface area contributed by atoms with Gasteiger partial charge in [-0.15, -0.1) is 0 Å². The zero-order valence-corrected chi connectivity index (χ0v) is 12.1. The number of aryl methyl sites for hydroxylation is 1. The topological polar surface area (TPSA) is 21.3 Å². The first kappa shape index (κ1) is 14.4. The summed E-state index contributed by atoms with van der Waals surface area (Å²) in [5.74, 6) is 3.28. The van der Waals surface area contributed by atoms with E-state index in [9.17, 15) is 0 Å². The molecule has 1 N–H and O–H groups in total. The zero-order chi connectivity index (χ0) is 12.7. The highest BCUT2D eigenvalue weighted by atomic mass is 32.2. The Morgan fingerprint density at radius 1 is 1.41 bits per heavy atom. The van der Waals surface area contributed by atoms with Crippen molar-refractivity contribution in [1.29, 1.82) is 0 Å². The van der Waals surface area contributed by atoms with Crippen molar-refractivity contribution in [3.05, 3.63) is 29.3 Å². The van der Waals surface area contributed by atoms with E-state index in [1.807, 2.05) is 18.8 Å². The number of thioether (sulfide) groups is 1. The molecule has 0 aromatic heterocycles. The summed E-state index contributed by atoms with van der Waals surface area (Å²) in [6, 6.07) is 6.72. The monoisotopic (exact) mass is 253 g/mol. The SMILES string of the molecule is CCCSCC(NC)c1cc(C)ccc1OC. The highest BCUT2D eigenvalue weighted by Crippen LogP contribution is 2.28. The molecule has 0 heterocycles. The third kappa shape index (κ3) is 4.25. The summed E-state index contributed by atoms with van der Waals surface area (Å²) in [5, 5.41) is 3.38. The van der Waals surface area contributed by atoms with Crippen LogP contribution in [0, 0.1) is 6.92 Å². The predicted octanol–water partition coefficient (Wildman–Crippen LogP) is 3.41. The van der Waals surface area contributed by atoms with Crippen LogP contribution in [-0.2, 0) is 0 Å². The Kier molecular flexibility index (Phi) is 6.45. The smallest absolute Gasteiger partial charge is 0.123 e. The molecule has 0 aliphatic heterocycles. The lowest BCUT2D eigenvalue weighted by atomic mass is 10.0. The molecule has 0 spiro atoms. The van der Waals surface area contributed by atoms with E-state index in [0.717, 1.165) is 11.5 Å². The Morgan fingerprint density at radius 3 is 2.76 bits per heavy atom. The van der Waals surface area contributed by atoms with Gasteiger partial charge in [0.15, 0.2) is 0 Å². The summed E-state index contributed by atoms with van der Waals surface area (Å²) in [4.78, 5) is 0. The molecule has 2 nitrogen and oxygen atoms in total. The van der Waals surface area contributed by atoms with E-state index in [4.69, 9.17) is 4.74 Å². The fraction of sp³-hybridized carbons (Fsp3) is 0.571. The number of nitrogens with one attached hydrogen (secondary N) is 1. The second kappa shape index (κ2) is 7.62. The van der Waals surface area contributed by atoms with Crippen LogP contribution < -0.4 is 10.1 Å². The van der Waals surface area contributed by atoms with Crippen molar-refractivity contribution in [3.8, 4) is 5.75 Å². The van der Waals surface area contributed by atoms with E-state index >= 15 is 0 Å². The summed E-state index contributed by atoms with van der Waals surface area (Å²) in [5.41, 5.74) is 2.54. The van der Waals surface area contributed by atoms with Gasteiger partial charge in [0.25, 0.3) is 0 Å². The highest BCUT2D eigenvalue weighted by Gasteiger charge is 2.14. The minimum absolute atomic E-state index is 0.362. The van der Waals surface area contributed by atoms with Crippen LogP contribution in [0.1, 0.15) is 30.5 Å². The van der Waals surface area contributed by atoms with Gasteiger partial charge in [-0.2, -0.15) is 11.8 Å². The molecule has 1 atom stereocenters. The van der Waals surface area contributed by atoms with Gasteiger partial charge in [0.05, 0.1) is 7.11 Å². The van der Waals surface area contributed by atoms with Crippen LogP contribution in [0.25, 0.3) is 0 Å². The van der Waals surface area contributed by atoms with Gasteiger partial charge in [-0.05, 0) is 32.2 Å². The number of hydrogen-bond donors (Lipinski definition) is 1. The molecule has 0 amide bonds. The average molecular weight is 253 g/mol. The minimum Gasteiger partial charge on any atom is -0.496 e. The Hall–Kier alpha value is -0.670. The van der Waals surface area contributed by atoms with Crippen LogP contribution in [0.4, 0.5) is 0 Å². The molecule has 0 bridgehead atoms. The first-order chi connectivity index (χ1) is 8.22. The predicted molar refractivity (Wildman–Crippen MR) is 77.1 cm³/mol. The van der Waals surface area contributed by atoms with E-state index in [1.54, 1.807) is 7.11 Å². The normalized spacial score (nSPS) is 12.5. The van der Waals surface area contributed by atoms with Crippen molar-refractivity contribution in [2.24, 2.45) is 0 Å². The van der Waals surface area contributed by atoms with Gasteiger partial charge in [-0.1, -0.05) is 24.6 Å². The Morgan fingerprint density at radius 2 is 2.18 bits per heavy atom. The lowest BCUT2D eigenvalue weighted by Crippen LogP contribution is -2.19. The first-order valence-corrected chi connectivity index (χ1v) is 7.28. The van der Waals surface area contributed by atoms with Crippen LogP contribution >= 0.6 is 11.8 Å². The molecule has 0 aliphatic rings. The maximum absolute atomic E-state index is 5.44. The first-order valence-electron chi connectivity index (χ1n) is 6.12. The summed E-state index contributed by atoms with van der Waals surface area (Å²) in [6.07, 6.45) is 1.23. The summed E-state index contributed by atoms with van der Waals surface area (Å²) >= 11 is 1.99. The molecule has 3 heteroatoms. The number of hydrogen-bond acceptors (Lipinski definition) is 3. The summed E-state index contributed by atoms with van der Waals surface area (Å²) < 4.78 is 5.44. The summed E-state index contributed by atoms with van der Waals surface area (Å²) in [7, 11) is 3.75. The van der Waals surface area contributed by atoms with E-state index in [2.05, 4.69) is 37.4 Å². The molecule has 1 rings (SSSR count). The molecule has 0 aliphatic carbocycles. The third-order valence-electron chi connectivity index (χ3n) is 2.74. The second-order valence-electron chi connectivity index (χ2n) is 4.16. The lowest BCUT2D eigenvalue weighted by Gasteiger charge is -2.19. The molecule has 96 valence electrons. The van der Waals surface area contributed by atoms with E-state index in [1.165, 1.54) is 23.3 Å². The molecule has 0 saturated carbocycles. The highest BCUT2D eigenvalue weighted by molar-refractivity contribution is 7.99. The van der Waals surface area contributed by atoms with Gasteiger partial charge in [-0.25, -0.2) is 0 Å². The van der Waals surface area contributed by atoms with Crippen LogP contribution in [0.3, 0.4) is 0 Å². The van der Waals surface area contributed by atoms with Gasteiger partial charge in [0.1, 0.15) is 5.75 Å². The maximum atomic E-state index is 5.44. The largest absolute Gasteiger partial charge is 0.496 e. The molecule has 1 aromatic carbocycles. The lowest BCUT2D eigenvalue weighted by molar-refractivity contribution is 0.404. The molecule has 0 fully saturated rings. The molecular weight excluding hydrogens is 230 g/mol. The zero-order valence-electron chi connectivity index (χ0n) is 11.2. The van der Waals surface area contributed by atoms with Crippen molar-refractivity contribution in [2.45, 2.75) is 26.3 Å². The molecule has 0 saturated heterocycles. The fourth-order valence-electron chi connectivity index (χ4n) is 1.80. The van der Waals surface area contributed by atoms with E-state index in [-0.39, 0.29) is 0 Å². The quantitative estimate of drug-likeness (QED) is 0.752. The summed E-state index contributed by atoms with van der Waals surface area (Å²) in [6.45, 7) is 4.34. The number of benzene rings is 1. The molecule has 1 aromatic rings. The molecule has 17 heavy (non-hydrogen) atoms. The molecular formula is C14H23NOS. The number of methoxy groups -OCH3 is 1. The van der Waals surface area contributed by atoms with Crippen molar-refractivity contribution in [1.82, 2.24) is 5.32 Å². The van der Waals surface area contributed by atoms with Crippen LogP contribution in [-0.4, -0.2) is 25.7 Å². The van der Waals surface area contributed by atoms with Gasteiger partial charge in [0.2, 0.25) is 0 Å². The standard InChI is InChI=1S/C14H23NOS/c1-5-8-17-10-13(15-3)12-9-11(2)6-7-14(12)16-4/h6-7,9,13,15H,5,8,10H2,1-4H3. The Bertz CT molecular complexity index is 341. The van der Waals surface area contributed by atoms with Gasteiger partial charge < -0.3 is 10.1 Å². The van der Waals surface area contributed by atoms with Crippen LogP contribution in [0.5, 0.6) is 5.75 Å². The van der Waals surface area contributed by atoms with Gasteiger partial charge in [0, 0.05) is 17.4 Å². The van der Waals surface area contributed by atoms with E-state index < -0.39 is 0 Å². The number of rotatable bonds is 7. The van der Waals surface area contributed by atoms with Gasteiger partial charge in [-0.3, -0.25) is 0 Å². The van der Waals surface area contributed by atoms with Gasteiger partial charge >= 0.3 is 0 Å². The van der Waals surface area contributed by atoms with Crippen LogP contribution in [0.2, 0.25) is 0 Å². The van der Waals surface area contributed by atoms with E-state index in [0.29, 0.717) is 6.04 Å². The molecule has 0 radical (unpaired) electrons. The Balaban J connectivity index is 2.82. The van der Waals surface area contributed by atoms with Crippen molar-refractivity contribution >= 4 is 11.8 Å². The Labute approximate surface area is 109 Å². The fourth-order valence-corrected chi connectivity index (χ4v) is 2.84.